The Kier molecular flexibility index (Phi) is 5.35. The molecule has 0 saturated heterocycles. The third-order valence-corrected chi connectivity index (χ3v) is 3.54. The molecule has 0 saturated carbocycles. The number of rotatable bonds is 5. The molecule has 102 valence electrons. The summed E-state index contributed by atoms with van der Waals surface area (Å²) in [5.41, 5.74) is 0.503. The Bertz CT molecular complexity index is 527. The zero-order valence-electron chi connectivity index (χ0n) is 9.94. The van der Waals surface area contributed by atoms with Gasteiger partial charge in [0.15, 0.2) is 0 Å². The van der Waals surface area contributed by atoms with E-state index in [1.807, 2.05) is 0 Å². The lowest BCUT2D eigenvalue weighted by Crippen LogP contribution is -2.04. The van der Waals surface area contributed by atoms with Gasteiger partial charge in [0.25, 0.3) is 6.43 Å². The van der Waals surface area contributed by atoms with Gasteiger partial charge in [0.05, 0.1) is 4.83 Å². The topological polar surface area (TPSA) is 54.4 Å². The monoisotopic (exact) mass is 332 g/mol. The molecule has 0 heterocycles. The molecule has 19 heavy (non-hydrogen) atoms. The number of ketones is 1. The van der Waals surface area contributed by atoms with Crippen LogP contribution in [0, 0.1) is 0 Å². The molecule has 1 atom stereocenters. The zero-order chi connectivity index (χ0) is 14.6. The van der Waals surface area contributed by atoms with Gasteiger partial charge in [-0.25, -0.2) is 13.6 Å². The number of alkyl halides is 3. The minimum atomic E-state index is -2.66. The molecular weight excluding hydrogens is 322 g/mol. The Labute approximate surface area is 117 Å². The summed E-state index contributed by atoms with van der Waals surface area (Å²) >= 11 is 3.15. The van der Waals surface area contributed by atoms with Crippen LogP contribution in [-0.4, -0.2) is 16.9 Å². The molecule has 0 aromatic heterocycles. The third-order valence-electron chi connectivity index (χ3n) is 2.40. The van der Waals surface area contributed by atoms with E-state index in [1.54, 1.807) is 0 Å². The summed E-state index contributed by atoms with van der Waals surface area (Å²) < 4.78 is 25.2. The van der Waals surface area contributed by atoms with E-state index in [2.05, 4.69) is 15.9 Å². The lowest BCUT2D eigenvalue weighted by atomic mass is 9.99. The van der Waals surface area contributed by atoms with Gasteiger partial charge in [-0.2, -0.15) is 0 Å². The zero-order valence-corrected chi connectivity index (χ0v) is 11.5. The van der Waals surface area contributed by atoms with Crippen molar-refractivity contribution in [3.8, 4) is 0 Å². The number of halogens is 3. The first kappa shape index (κ1) is 15.5. The first-order valence-electron chi connectivity index (χ1n) is 5.30. The molecule has 1 N–H and O–H groups in total. The van der Waals surface area contributed by atoms with Crippen LogP contribution in [0.4, 0.5) is 8.78 Å². The van der Waals surface area contributed by atoms with Crippen LogP contribution >= 0.6 is 15.9 Å². The van der Waals surface area contributed by atoms with E-state index in [4.69, 9.17) is 5.11 Å². The van der Waals surface area contributed by atoms with Gasteiger partial charge in [0.1, 0.15) is 5.78 Å². The van der Waals surface area contributed by atoms with Crippen LogP contribution in [0.3, 0.4) is 0 Å². The van der Waals surface area contributed by atoms with Crippen molar-refractivity contribution < 1.29 is 23.5 Å². The van der Waals surface area contributed by atoms with Crippen molar-refractivity contribution in [3.05, 3.63) is 41.0 Å². The quantitative estimate of drug-likeness (QED) is 0.660. The third kappa shape index (κ3) is 4.24. The van der Waals surface area contributed by atoms with Gasteiger partial charge in [-0.1, -0.05) is 28.1 Å². The number of benzene rings is 1. The van der Waals surface area contributed by atoms with E-state index in [9.17, 15) is 18.4 Å². The van der Waals surface area contributed by atoms with E-state index >= 15 is 0 Å². The number of hydrogen-bond acceptors (Lipinski definition) is 2. The Morgan fingerprint density at radius 1 is 1.37 bits per heavy atom. The van der Waals surface area contributed by atoms with Crippen molar-refractivity contribution in [3.63, 3.8) is 0 Å². The van der Waals surface area contributed by atoms with Gasteiger partial charge >= 0.3 is 5.97 Å². The van der Waals surface area contributed by atoms with Crippen molar-refractivity contribution in [2.24, 2.45) is 0 Å². The van der Waals surface area contributed by atoms with Crippen LogP contribution < -0.4 is 0 Å². The molecule has 0 aliphatic rings. The van der Waals surface area contributed by atoms with E-state index in [-0.39, 0.29) is 16.9 Å². The SMILES string of the molecule is CC(=O)C(Br)c1ccc(C(F)F)cc1C=CC(=O)O. The maximum Gasteiger partial charge on any atom is 0.328 e. The molecule has 1 rings (SSSR count). The summed E-state index contributed by atoms with van der Waals surface area (Å²) in [7, 11) is 0. The Hall–Kier alpha value is -1.56. The van der Waals surface area contributed by atoms with Gasteiger partial charge in [0.2, 0.25) is 0 Å². The van der Waals surface area contributed by atoms with E-state index in [1.165, 1.54) is 31.2 Å². The van der Waals surface area contributed by atoms with Gasteiger partial charge < -0.3 is 5.11 Å². The van der Waals surface area contributed by atoms with E-state index in [0.29, 0.717) is 5.56 Å². The molecule has 1 aromatic rings. The molecule has 3 nitrogen and oxygen atoms in total. The number of carbonyl (C=O) groups is 2. The fourth-order valence-corrected chi connectivity index (χ4v) is 1.90. The Morgan fingerprint density at radius 3 is 2.47 bits per heavy atom. The minimum Gasteiger partial charge on any atom is -0.478 e. The number of Topliss-reactive ketones (excluding diaryl/α,β-unsaturated/α-hetero) is 1. The highest BCUT2D eigenvalue weighted by Crippen LogP contribution is 2.31. The molecule has 0 aliphatic carbocycles. The van der Waals surface area contributed by atoms with Crippen LogP contribution in [0.1, 0.15) is 34.9 Å². The van der Waals surface area contributed by atoms with Crippen molar-refractivity contribution in [1.29, 1.82) is 0 Å². The van der Waals surface area contributed by atoms with Crippen LogP contribution in [0.2, 0.25) is 0 Å². The van der Waals surface area contributed by atoms with Gasteiger partial charge in [-0.3, -0.25) is 4.79 Å². The summed E-state index contributed by atoms with van der Waals surface area (Å²) in [5, 5.41) is 8.58. The molecule has 6 heteroatoms. The van der Waals surface area contributed by atoms with E-state index in [0.717, 1.165) is 6.08 Å². The normalized spacial score (nSPS) is 12.9. The molecule has 0 amide bonds. The summed E-state index contributed by atoms with van der Waals surface area (Å²) in [6.45, 7) is 1.35. The second kappa shape index (κ2) is 6.56. The summed E-state index contributed by atoms with van der Waals surface area (Å²) in [6, 6.07) is 3.79. The lowest BCUT2D eigenvalue weighted by molar-refractivity contribution is -0.131. The first-order valence-corrected chi connectivity index (χ1v) is 6.22. The fourth-order valence-electron chi connectivity index (χ4n) is 1.48. The van der Waals surface area contributed by atoms with Crippen LogP contribution in [0.5, 0.6) is 0 Å². The average Bonchev–Trinajstić information content (AvgIpc) is 2.34. The second-order valence-corrected chi connectivity index (χ2v) is 4.75. The predicted molar refractivity (Wildman–Crippen MR) is 70.4 cm³/mol. The Balaban J connectivity index is 3.29. The van der Waals surface area contributed by atoms with Gasteiger partial charge in [0, 0.05) is 11.6 Å². The second-order valence-electron chi connectivity index (χ2n) is 3.83. The van der Waals surface area contributed by atoms with E-state index < -0.39 is 17.2 Å². The molecule has 0 aliphatic heterocycles. The van der Waals surface area contributed by atoms with Crippen molar-refractivity contribution >= 4 is 33.8 Å². The molecule has 1 unspecified atom stereocenters. The summed E-state index contributed by atoms with van der Waals surface area (Å²) in [5.74, 6) is -1.39. The standard InChI is InChI=1S/C13H11BrF2O3/c1-7(17)12(14)10-4-2-9(13(15)16)6-8(10)3-5-11(18)19/h2-6,12-13H,1H3,(H,18,19). The molecule has 0 fully saturated rings. The molecular formula is C13H11BrF2O3. The summed E-state index contributed by atoms with van der Waals surface area (Å²) in [6.07, 6.45) is -0.619. The van der Waals surface area contributed by atoms with Gasteiger partial charge in [-0.15, -0.1) is 0 Å². The molecule has 0 spiro atoms. The fraction of sp³-hybridized carbons (Fsp3) is 0.231. The predicted octanol–water partition coefficient (Wildman–Crippen LogP) is 3.75. The number of carboxylic acid groups (broad SMARTS) is 1. The highest BCUT2D eigenvalue weighted by Gasteiger charge is 2.17. The largest absolute Gasteiger partial charge is 0.478 e. The van der Waals surface area contributed by atoms with Crippen molar-refractivity contribution in [2.45, 2.75) is 18.2 Å². The molecule has 1 aromatic carbocycles. The van der Waals surface area contributed by atoms with Crippen molar-refractivity contribution in [1.82, 2.24) is 0 Å². The summed E-state index contributed by atoms with van der Waals surface area (Å²) in [4.78, 5) is 21.2. The Morgan fingerprint density at radius 2 is 2.00 bits per heavy atom. The molecule has 0 bridgehead atoms. The minimum absolute atomic E-state index is 0.199. The average molecular weight is 333 g/mol. The van der Waals surface area contributed by atoms with Crippen LogP contribution in [0.15, 0.2) is 24.3 Å². The first-order chi connectivity index (χ1) is 8.82. The number of carboxylic acids is 1. The van der Waals surface area contributed by atoms with Crippen molar-refractivity contribution in [2.75, 3.05) is 0 Å². The van der Waals surface area contributed by atoms with Crippen LogP contribution in [-0.2, 0) is 9.59 Å². The molecule has 0 radical (unpaired) electrons. The lowest BCUT2D eigenvalue weighted by Gasteiger charge is -2.12. The van der Waals surface area contributed by atoms with Gasteiger partial charge in [-0.05, 0) is 30.2 Å². The highest BCUT2D eigenvalue weighted by molar-refractivity contribution is 9.09. The highest BCUT2D eigenvalue weighted by atomic mass is 79.9. The number of hydrogen-bond donors (Lipinski definition) is 1. The maximum atomic E-state index is 12.6. The number of carbonyl (C=O) groups excluding carboxylic acids is 1. The smallest absolute Gasteiger partial charge is 0.328 e. The maximum absolute atomic E-state index is 12.6. The number of aliphatic carboxylic acids is 1. The van der Waals surface area contributed by atoms with Crippen LogP contribution in [0.25, 0.3) is 6.08 Å².